The number of fused-ring (bicyclic) bond motifs is 1. The van der Waals surface area contributed by atoms with Gasteiger partial charge in [-0.05, 0) is 43.9 Å². The number of halogens is 2. The first-order chi connectivity index (χ1) is 10.6. The minimum Gasteiger partial charge on any atom is -0.493 e. The Bertz CT molecular complexity index is 689. The first-order valence-corrected chi connectivity index (χ1v) is 7.24. The third-order valence-electron chi connectivity index (χ3n) is 3.55. The van der Waals surface area contributed by atoms with Crippen LogP contribution in [-0.4, -0.2) is 19.2 Å². The molecule has 0 radical (unpaired) electrons. The molecular weight excluding hydrogens is 294 g/mol. The second kappa shape index (κ2) is 5.94. The first kappa shape index (κ1) is 14.8. The van der Waals surface area contributed by atoms with Gasteiger partial charge in [-0.2, -0.15) is 0 Å². The molecule has 1 aliphatic rings. The van der Waals surface area contributed by atoms with E-state index in [1.54, 1.807) is 19.1 Å². The molecule has 6 heteroatoms. The van der Waals surface area contributed by atoms with Crippen LogP contribution in [0.2, 0.25) is 0 Å². The van der Waals surface area contributed by atoms with E-state index < -0.39 is 18.2 Å². The summed E-state index contributed by atoms with van der Waals surface area (Å²) in [5, 5.41) is 0.294. The fraction of sp³-hybridized carbons (Fsp3) is 0.438. The minimum absolute atomic E-state index is 0.103. The Morgan fingerprint density at radius 1 is 1.41 bits per heavy atom. The van der Waals surface area contributed by atoms with E-state index in [0.717, 1.165) is 12.8 Å². The van der Waals surface area contributed by atoms with Crippen molar-refractivity contribution < 1.29 is 27.5 Å². The second-order valence-electron chi connectivity index (χ2n) is 5.27. The summed E-state index contributed by atoms with van der Waals surface area (Å²) < 4.78 is 41.8. The fourth-order valence-corrected chi connectivity index (χ4v) is 2.25. The summed E-state index contributed by atoms with van der Waals surface area (Å²) in [7, 11) is 0. The van der Waals surface area contributed by atoms with Crippen molar-refractivity contribution in [2.45, 2.75) is 26.2 Å². The Morgan fingerprint density at radius 2 is 2.18 bits per heavy atom. The monoisotopic (exact) mass is 310 g/mol. The zero-order chi connectivity index (χ0) is 15.7. The molecule has 0 spiro atoms. The van der Waals surface area contributed by atoms with Gasteiger partial charge in [0.15, 0.2) is 5.76 Å². The van der Waals surface area contributed by atoms with Crippen LogP contribution in [0, 0.1) is 5.92 Å². The third kappa shape index (κ3) is 2.91. The lowest BCUT2D eigenvalue weighted by atomic mass is 10.1. The fourth-order valence-electron chi connectivity index (χ4n) is 2.25. The maximum Gasteiger partial charge on any atom is 0.342 e. The van der Waals surface area contributed by atoms with Crippen LogP contribution in [0.25, 0.3) is 11.0 Å². The molecule has 1 aromatic heterocycles. The average Bonchev–Trinajstić information content (AvgIpc) is 3.23. The molecule has 4 nitrogen and oxygen atoms in total. The predicted molar refractivity (Wildman–Crippen MR) is 75.3 cm³/mol. The van der Waals surface area contributed by atoms with Gasteiger partial charge in [-0.15, -0.1) is 0 Å². The van der Waals surface area contributed by atoms with E-state index in [4.69, 9.17) is 13.9 Å². The largest absolute Gasteiger partial charge is 0.493 e. The van der Waals surface area contributed by atoms with Gasteiger partial charge in [0, 0.05) is 5.39 Å². The van der Waals surface area contributed by atoms with Crippen molar-refractivity contribution in [2.75, 3.05) is 13.2 Å². The molecule has 1 aliphatic carbocycles. The number of carbonyl (C=O) groups excluding carboxylic acids is 1. The summed E-state index contributed by atoms with van der Waals surface area (Å²) in [4.78, 5) is 12.0. The lowest BCUT2D eigenvalue weighted by molar-refractivity contribution is 0.0509. The van der Waals surface area contributed by atoms with Gasteiger partial charge in [-0.25, -0.2) is 13.6 Å². The number of hydrogen-bond donors (Lipinski definition) is 0. The Balaban J connectivity index is 1.99. The zero-order valence-corrected chi connectivity index (χ0v) is 12.1. The number of esters is 1. The van der Waals surface area contributed by atoms with E-state index in [-0.39, 0.29) is 17.8 Å². The number of rotatable bonds is 6. The lowest BCUT2D eigenvalue weighted by Crippen LogP contribution is -2.07. The number of furan rings is 1. The molecule has 22 heavy (non-hydrogen) atoms. The average molecular weight is 310 g/mol. The third-order valence-corrected chi connectivity index (χ3v) is 3.55. The van der Waals surface area contributed by atoms with E-state index in [0.29, 0.717) is 23.7 Å². The van der Waals surface area contributed by atoms with Crippen LogP contribution in [0.4, 0.5) is 8.78 Å². The van der Waals surface area contributed by atoms with Crippen molar-refractivity contribution in [3.05, 3.63) is 29.5 Å². The summed E-state index contributed by atoms with van der Waals surface area (Å²) in [5.41, 5.74) is 0.000784. The Labute approximate surface area is 126 Å². The molecule has 0 saturated heterocycles. The van der Waals surface area contributed by atoms with Crippen molar-refractivity contribution in [1.82, 2.24) is 0 Å². The highest BCUT2D eigenvalue weighted by Crippen LogP contribution is 2.36. The van der Waals surface area contributed by atoms with Crippen LogP contribution >= 0.6 is 0 Å². The van der Waals surface area contributed by atoms with Gasteiger partial charge in [0.05, 0.1) is 13.2 Å². The van der Waals surface area contributed by atoms with Gasteiger partial charge in [0.25, 0.3) is 6.43 Å². The van der Waals surface area contributed by atoms with E-state index in [1.807, 2.05) is 0 Å². The van der Waals surface area contributed by atoms with Crippen molar-refractivity contribution in [3.8, 4) is 5.75 Å². The topological polar surface area (TPSA) is 48.7 Å². The Morgan fingerprint density at radius 3 is 2.82 bits per heavy atom. The van der Waals surface area contributed by atoms with Crippen molar-refractivity contribution >= 4 is 16.9 Å². The van der Waals surface area contributed by atoms with Crippen LogP contribution in [0.3, 0.4) is 0 Å². The summed E-state index contributed by atoms with van der Waals surface area (Å²) >= 11 is 0. The molecule has 0 unspecified atom stereocenters. The van der Waals surface area contributed by atoms with Crippen LogP contribution < -0.4 is 4.74 Å². The van der Waals surface area contributed by atoms with Crippen LogP contribution in [0.15, 0.2) is 22.6 Å². The highest BCUT2D eigenvalue weighted by Gasteiger charge is 2.28. The smallest absolute Gasteiger partial charge is 0.342 e. The van der Waals surface area contributed by atoms with Gasteiger partial charge < -0.3 is 13.9 Å². The maximum absolute atomic E-state index is 13.1. The summed E-state index contributed by atoms with van der Waals surface area (Å²) in [5.74, 6) is -0.364. The molecule has 0 bridgehead atoms. The summed E-state index contributed by atoms with van der Waals surface area (Å²) in [6.45, 7) is 2.32. The molecule has 118 valence electrons. The van der Waals surface area contributed by atoms with E-state index >= 15 is 0 Å². The van der Waals surface area contributed by atoms with Gasteiger partial charge in [-0.3, -0.25) is 0 Å². The zero-order valence-electron chi connectivity index (χ0n) is 12.1. The highest BCUT2D eigenvalue weighted by atomic mass is 19.3. The highest BCUT2D eigenvalue weighted by molar-refractivity contribution is 6.05. The SMILES string of the molecule is CCOC(=O)c1c(C(F)F)oc2ccc(OCC3CC3)cc12. The van der Waals surface area contributed by atoms with Gasteiger partial charge in [0.1, 0.15) is 16.9 Å². The minimum atomic E-state index is -2.89. The number of ether oxygens (including phenoxy) is 2. The Hall–Kier alpha value is -2.11. The molecule has 0 aliphatic heterocycles. The van der Waals surface area contributed by atoms with E-state index in [1.165, 1.54) is 6.07 Å². The van der Waals surface area contributed by atoms with Crippen LogP contribution in [0.1, 0.15) is 42.3 Å². The summed E-state index contributed by atoms with van der Waals surface area (Å²) in [6.07, 6.45) is -0.586. The first-order valence-electron chi connectivity index (χ1n) is 7.24. The molecule has 0 N–H and O–H groups in total. The number of carbonyl (C=O) groups is 1. The van der Waals surface area contributed by atoms with E-state index in [9.17, 15) is 13.6 Å². The normalized spacial score (nSPS) is 14.5. The number of alkyl halides is 2. The molecule has 3 rings (SSSR count). The van der Waals surface area contributed by atoms with E-state index in [2.05, 4.69) is 0 Å². The second-order valence-corrected chi connectivity index (χ2v) is 5.27. The lowest BCUT2D eigenvalue weighted by Gasteiger charge is -2.05. The molecular formula is C16H16F2O4. The molecule has 1 saturated carbocycles. The standard InChI is InChI=1S/C16H16F2O4/c1-2-20-16(19)13-11-7-10(21-8-9-3-4-9)5-6-12(11)22-14(13)15(17)18/h5-7,9,15H,2-4,8H2,1H3. The number of benzene rings is 1. The predicted octanol–water partition coefficient (Wildman–Crippen LogP) is 4.34. The van der Waals surface area contributed by atoms with Crippen molar-refractivity contribution in [3.63, 3.8) is 0 Å². The van der Waals surface area contributed by atoms with Crippen molar-refractivity contribution in [1.29, 1.82) is 0 Å². The molecule has 1 heterocycles. The van der Waals surface area contributed by atoms with Gasteiger partial charge in [0.2, 0.25) is 0 Å². The molecule has 0 amide bonds. The van der Waals surface area contributed by atoms with Crippen molar-refractivity contribution in [2.24, 2.45) is 5.92 Å². The molecule has 1 aromatic carbocycles. The van der Waals surface area contributed by atoms with Gasteiger partial charge in [-0.1, -0.05) is 0 Å². The molecule has 1 fully saturated rings. The number of hydrogen-bond acceptors (Lipinski definition) is 4. The molecule has 0 atom stereocenters. The summed E-state index contributed by atoms with van der Waals surface area (Å²) in [6, 6.07) is 4.74. The van der Waals surface area contributed by atoms with Crippen LogP contribution in [0.5, 0.6) is 5.75 Å². The molecule has 2 aromatic rings. The van der Waals surface area contributed by atoms with Crippen LogP contribution in [-0.2, 0) is 4.74 Å². The maximum atomic E-state index is 13.1. The van der Waals surface area contributed by atoms with Gasteiger partial charge >= 0.3 is 5.97 Å². The quantitative estimate of drug-likeness (QED) is 0.745. The Kier molecular flexibility index (Phi) is 4.00.